The number of hydrogen-bond acceptors (Lipinski definition) is 2. The van der Waals surface area contributed by atoms with E-state index in [-0.39, 0.29) is 5.78 Å². The van der Waals surface area contributed by atoms with Gasteiger partial charge in [0, 0.05) is 19.2 Å². The number of halogens is 2. The zero-order chi connectivity index (χ0) is 13.8. The number of ketones is 1. The van der Waals surface area contributed by atoms with Gasteiger partial charge in [-0.25, -0.2) is 0 Å². The minimum absolute atomic E-state index is 0.00781. The van der Waals surface area contributed by atoms with E-state index in [9.17, 15) is 4.79 Å². The van der Waals surface area contributed by atoms with Gasteiger partial charge in [0.05, 0.1) is 6.61 Å². The molecule has 0 atom stereocenters. The second kappa shape index (κ2) is 6.52. The average molecular weight is 431 g/mol. The largest absolute Gasteiger partial charge is 0.494 e. The van der Waals surface area contributed by atoms with E-state index in [2.05, 4.69) is 38.5 Å². The van der Waals surface area contributed by atoms with Crippen LogP contribution in [-0.2, 0) is 0 Å². The SMILES string of the molecule is CCOc1ccc(C(=O)c2cccc(I)c2)c(Br)c1. The Bertz CT molecular complexity index is 611. The predicted octanol–water partition coefficient (Wildman–Crippen LogP) is 4.68. The Hall–Kier alpha value is -0.880. The molecule has 0 aliphatic heterocycles. The van der Waals surface area contributed by atoms with Crippen LogP contribution in [0.4, 0.5) is 0 Å². The molecule has 0 amide bonds. The number of carbonyl (C=O) groups excluding carboxylic acids is 1. The summed E-state index contributed by atoms with van der Waals surface area (Å²) in [5.41, 5.74) is 1.34. The lowest BCUT2D eigenvalue weighted by molar-refractivity contribution is 0.103. The molecule has 4 heteroatoms. The number of benzene rings is 2. The van der Waals surface area contributed by atoms with Gasteiger partial charge in [0.1, 0.15) is 5.75 Å². The third-order valence-electron chi connectivity index (χ3n) is 2.58. The summed E-state index contributed by atoms with van der Waals surface area (Å²) in [4.78, 5) is 12.4. The molecule has 0 aromatic heterocycles. The van der Waals surface area contributed by atoms with Crippen LogP contribution in [0.2, 0.25) is 0 Å². The van der Waals surface area contributed by atoms with Crippen molar-refractivity contribution in [2.75, 3.05) is 6.61 Å². The number of carbonyl (C=O) groups is 1. The van der Waals surface area contributed by atoms with Crippen molar-refractivity contribution in [1.29, 1.82) is 0 Å². The molecule has 2 aromatic rings. The number of ether oxygens (including phenoxy) is 1. The third kappa shape index (κ3) is 3.57. The van der Waals surface area contributed by atoms with Crippen LogP contribution in [0.3, 0.4) is 0 Å². The van der Waals surface area contributed by atoms with E-state index in [0.29, 0.717) is 17.7 Å². The lowest BCUT2D eigenvalue weighted by Gasteiger charge is -2.07. The molecule has 0 N–H and O–H groups in total. The summed E-state index contributed by atoms with van der Waals surface area (Å²) in [6.45, 7) is 2.54. The van der Waals surface area contributed by atoms with Crippen LogP contribution in [0.1, 0.15) is 22.8 Å². The Labute approximate surface area is 134 Å². The van der Waals surface area contributed by atoms with Gasteiger partial charge < -0.3 is 4.74 Å². The van der Waals surface area contributed by atoms with E-state index >= 15 is 0 Å². The van der Waals surface area contributed by atoms with Gasteiger partial charge in [0.25, 0.3) is 0 Å². The number of rotatable bonds is 4. The van der Waals surface area contributed by atoms with Gasteiger partial charge in [0.2, 0.25) is 0 Å². The molecule has 19 heavy (non-hydrogen) atoms. The molecule has 2 nitrogen and oxygen atoms in total. The molecule has 0 heterocycles. The lowest BCUT2D eigenvalue weighted by atomic mass is 10.0. The summed E-state index contributed by atoms with van der Waals surface area (Å²) in [5.74, 6) is 0.766. The zero-order valence-electron chi connectivity index (χ0n) is 10.3. The normalized spacial score (nSPS) is 10.3. The first kappa shape index (κ1) is 14.5. The topological polar surface area (TPSA) is 26.3 Å². The molecule has 0 spiro atoms. The van der Waals surface area contributed by atoms with Crippen LogP contribution in [0.5, 0.6) is 5.75 Å². The molecule has 0 unspecified atom stereocenters. The van der Waals surface area contributed by atoms with Gasteiger partial charge in [-0.3, -0.25) is 4.79 Å². The van der Waals surface area contributed by atoms with Crippen molar-refractivity contribution in [2.45, 2.75) is 6.92 Å². The van der Waals surface area contributed by atoms with Gasteiger partial charge >= 0.3 is 0 Å². The van der Waals surface area contributed by atoms with Crippen molar-refractivity contribution >= 4 is 44.3 Å². The van der Waals surface area contributed by atoms with Crippen molar-refractivity contribution in [3.63, 3.8) is 0 Å². The van der Waals surface area contributed by atoms with Gasteiger partial charge in [-0.05, 0) is 75.8 Å². The van der Waals surface area contributed by atoms with Gasteiger partial charge in [-0.1, -0.05) is 12.1 Å². The molecule has 2 rings (SSSR count). The molecule has 0 saturated heterocycles. The van der Waals surface area contributed by atoms with Crippen LogP contribution in [0.25, 0.3) is 0 Å². The minimum atomic E-state index is 0.00781. The summed E-state index contributed by atoms with van der Waals surface area (Å²) in [6, 6.07) is 13.0. The van der Waals surface area contributed by atoms with E-state index in [1.807, 2.05) is 43.3 Å². The molecule has 98 valence electrons. The second-order valence-corrected chi connectivity index (χ2v) is 6.01. The first-order chi connectivity index (χ1) is 9.11. The molecule has 0 radical (unpaired) electrons. The van der Waals surface area contributed by atoms with Crippen LogP contribution in [0, 0.1) is 3.57 Å². The average Bonchev–Trinajstić information content (AvgIpc) is 2.38. The van der Waals surface area contributed by atoms with Gasteiger partial charge in [0.15, 0.2) is 5.78 Å². The highest BCUT2D eigenvalue weighted by Crippen LogP contribution is 2.25. The molecule has 0 bridgehead atoms. The maximum absolute atomic E-state index is 12.4. The summed E-state index contributed by atoms with van der Waals surface area (Å²) >= 11 is 5.63. The van der Waals surface area contributed by atoms with Crippen molar-refractivity contribution in [3.8, 4) is 5.75 Å². The Balaban J connectivity index is 2.34. The summed E-state index contributed by atoms with van der Waals surface area (Å²) < 4.78 is 7.20. The summed E-state index contributed by atoms with van der Waals surface area (Å²) in [5, 5.41) is 0. The molecule has 2 aromatic carbocycles. The van der Waals surface area contributed by atoms with Gasteiger partial charge in [-0.15, -0.1) is 0 Å². The maximum Gasteiger partial charge on any atom is 0.194 e. The smallest absolute Gasteiger partial charge is 0.194 e. The molecule has 0 aliphatic rings. The van der Waals surface area contributed by atoms with Crippen molar-refractivity contribution in [1.82, 2.24) is 0 Å². The fourth-order valence-electron chi connectivity index (χ4n) is 1.72. The van der Waals surface area contributed by atoms with E-state index < -0.39 is 0 Å². The van der Waals surface area contributed by atoms with Crippen molar-refractivity contribution < 1.29 is 9.53 Å². The van der Waals surface area contributed by atoms with Crippen LogP contribution < -0.4 is 4.74 Å². The van der Waals surface area contributed by atoms with Gasteiger partial charge in [-0.2, -0.15) is 0 Å². The summed E-state index contributed by atoms with van der Waals surface area (Å²) in [7, 11) is 0. The first-order valence-electron chi connectivity index (χ1n) is 5.84. The molecule has 0 aliphatic carbocycles. The molecular formula is C15H12BrIO2. The Morgan fingerprint density at radius 1 is 1.26 bits per heavy atom. The van der Waals surface area contributed by atoms with Crippen molar-refractivity contribution in [3.05, 3.63) is 61.6 Å². The van der Waals surface area contributed by atoms with Crippen LogP contribution in [-0.4, -0.2) is 12.4 Å². The quantitative estimate of drug-likeness (QED) is 0.519. The second-order valence-electron chi connectivity index (χ2n) is 3.91. The standard InChI is InChI=1S/C15H12BrIO2/c1-2-19-12-6-7-13(14(16)9-12)15(18)10-4-3-5-11(17)8-10/h3-9H,2H2,1H3. The number of hydrogen-bond donors (Lipinski definition) is 0. The maximum atomic E-state index is 12.4. The highest BCUT2D eigenvalue weighted by Gasteiger charge is 2.13. The summed E-state index contributed by atoms with van der Waals surface area (Å²) in [6.07, 6.45) is 0. The molecular weight excluding hydrogens is 419 g/mol. The Morgan fingerprint density at radius 2 is 2.05 bits per heavy atom. The van der Waals surface area contributed by atoms with Crippen LogP contribution in [0.15, 0.2) is 46.9 Å². The minimum Gasteiger partial charge on any atom is -0.494 e. The lowest BCUT2D eigenvalue weighted by Crippen LogP contribution is -2.03. The van der Waals surface area contributed by atoms with E-state index in [1.165, 1.54) is 0 Å². The zero-order valence-corrected chi connectivity index (χ0v) is 14.1. The van der Waals surface area contributed by atoms with E-state index in [1.54, 1.807) is 6.07 Å². The van der Waals surface area contributed by atoms with Crippen LogP contribution >= 0.6 is 38.5 Å². The molecule has 0 fully saturated rings. The highest BCUT2D eigenvalue weighted by molar-refractivity contribution is 14.1. The highest BCUT2D eigenvalue weighted by atomic mass is 127. The Kier molecular flexibility index (Phi) is 4.99. The third-order valence-corrected chi connectivity index (χ3v) is 3.91. The predicted molar refractivity (Wildman–Crippen MR) is 87.9 cm³/mol. The fraction of sp³-hybridized carbons (Fsp3) is 0.133. The Morgan fingerprint density at radius 3 is 2.68 bits per heavy atom. The molecule has 0 saturated carbocycles. The fourth-order valence-corrected chi connectivity index (χ4v) is 2.80. The first-order valence-corrected chi connectivity index (χ1v) is 7.71. The van der Waals surface area contributed by atoms with E-state index in [0.717, 1.165) is 13.8 Å². The monoisotopic (exact) mass is 430 g/mol. The van der Waals surface area contributed by atoms with E-state index in [4.69, 9.17) is 4.74 Å². The van der Waals surface area contributed by atoms with Crippen molar-refractivity contribution in [2.24, 2.45) is 0 Å².